The lowest BCUT2D eigenvalue weighted by molar-refractivity contribution is 0.0253. The second-order valence-corrected chi connectivity index (χ2v) is 3.49. The summed E-state index contributed by atoms with van der Waals surface area (Å²) in [5.41, 5.74) is 4.93. The molecule has 1 aromatic rings. The lowest BCUT2D eigenvalue weighted by Gasteiger charge is -2.15. The molecule has 0 aliphatic rings. The molecule has 17 heavy (non-hydrogen) atoms. The summed E-state index contributed by atoms with van der Waals surface area (Å²) in [6, 6.07) is 1.48. The zero-order valence-corrected chi connectivity index (χ0v) is 9.83. The molecule has 0 amide bonds. The third-order valence-electron chi connectivity index (χ3n) is 1.93. The van der Waals surface area contributed by atoms with Gasteiger partial charge in [0.05, 0.1) is 19.7 Å². The van der Waals surface area contributed by atoms with Crippen molar-refractivity contribution in [2.24, 2.45) is 5.73 Å². The fourth-order valence-electron chi connectivity index (χ4n) is 1.14. The topological polar surface area (TPSA) is 73.1 Å². The molecular formula is C10H16F2N4O. The van der Waals surface area contributed by atoms with Crippen LogP contribution in [0.1, 0.15) is 12.7 Å². The van der Waals surface area contributed by atoms with Gasteiger partial charge in [-0.05, 0) is 13.8 Å². The number of aryl methyl sites for hydroxylation is 1. The summed E-state index contributed by atoms with van der Waals surface area (Å²) in [4.78, 5) is 7.98. The number of alkyl halides is 2. The summed E-state index contributed by atoms with van der Waals surface area (Å²) in [5.74, 6) is -1.84. The van der Waals surface area contributed by atoms with Gasteiger partial charge in [0.15, 0.2) is 0 Å². The minimum absolute atomic E-state index is 0.300. The van der Waals surface area contributed by atoms with Crippen LogP contribution < -0.4 is 15.8 Å². The van der Waals surface area contributed by atoms with Gasteiger partial charge in [0.25, 0.3) is 5.92 Å². The minimum Gasteiger partial charge on any atom is -0.478 e. The average molecular weight is 246 g/mol. The highest BCUT2D eigenvalue weighted by Crippen LogP contribution is 2.16. The molecule has 1 aromatic heterocycles. The Kier molecular flexibility index (Phi) is 4.56. The van der Waals surface area contributed by atoms with Crippen molar-refractivity contribution in [1.82, 2.24) is 9.97 Å². The second kappa shape index (κ2) is 5.72. The van der Waals surface area contributed by atoms with E-state index in [0.717, 1.165) is 0 Å². The van der Waals surface area contributed by atoms with Crippen LogP contribution in [-0.4, -0.2) is 35.6 Å². The van der Waals surface area contributed by atoms with E-state index in [4.69, 9.17) is 10.5 Å². The molecule has 0 aromatic carbocycles. The van der Waals surface area contributed by atoms with Crippen LogP contribution in [0.5, 0.6) is 5.88 Å². The van der Waals surface area contributed by atoms with Crippen LogP contribution in [0.25, 0.3) is 0 Å². The number of ether oxygens (including phenoxy) is 1. The van der Waals surface area contributed by atoms with E-state index in [1.165, 1.54) is 6.07 Å². The zero-order chi connectivity index (χ0) is 12.9. The summed E-state index contributed by atoms with van der Waals surface area (Å²) in [6.45, 7) is 2.66. The van der Waals surface area contributed by atoms with Crippen LogP contribution in [0.4, 0.5) is 14.6 Å². The Morgan fingerprint density at radius 1 is 1.47 bits per heavy atom. The largest absolute Gasteiger partial charge is 0.478 e. The summed E-state index contributed by atoms with van der Waals surface area (Å²) in [7, 11) is 0. The van der Waals surface area contributed by atoms with Crippen molar-refractivity contribution in [2.75, 3.05) is 25.0 Å². The molecule has 1 rings (SSSR count). The number of hydrogen-bond acceptors (Lipinski definition) is 5. The molecule has 0 saturated heterocycles. The third kappa shape index (κ3) is 4.48. The normalized spacial score (nSPS) is 11.4. The molecular weight excluding hydrogens is 230 g/mol. The van der Waals surface area contributed by atoms with Gasteiger partial charge in [-0.1, -0.05) is 0 Å². The van der Waals surface area contributed by atoms with Crippen LogP contribution >= 0.6 is 0 Å². The Labute approximate surface area is 98.4 Å². The molecule has 0 aliphatic heterocycles. The summed E-state index contributed by atoms with van der Waals surface area (Å²) in [5, 5.41) is 2.51. The van der Waals surface area contributed by atoms with Gasteiger partial charge in [-0.3, -0.25) is 0 Å². The van der Waals surface area contributed by atoms with E-state index < -0.39 is 19.0 Å². The van der Waals surface area contributed by atoms with Gasteiger partial charge in [-0.25, -0.2) is 13.8 Å². The summed E-state index contributed by atoms with van der Waals surface area (Å²) < 4.78 is 31.0. The van der Waals surface area contributed by atoms with E-state index in [-0.39, 0.29) is 0 Å². The standard InChI is InChI=1S/C10H16F2N4O/c1-3-17-9-4-8(15-7(2)16-9)14-6-10(11,12)5-13/h4H,3,5-6,13H2,1-2H3,(H,14,15,16). The Balaban J connectivity index is 2.70. The molecule has 1 heterocycles. The smallest absolute Gasteiger partial charge is 0.276 e. The molecule has 96 valence electrons. The molecule has 0 radical (unpaired) electrons. The molecule has 5 nitrogen and oxygen atoms in total. The van der Waals surface area contributed by atoms with Crippen molar-refractivity contribution < 1.29 is 13.5 Å². The Bertz CT molecular complexity index is 373. The van der Waals surface area contributed by atoms with Crippen LogP contribution in [0.3, 0.4) is 0 Å². The third-order valence-corrected chi connectivity index (χ3v) is 1.93. The number of halogens is 2. The first-order valence-corrected chi connectivity index (χ1v) is 5.27. The zero-order valence-electron chi connectivity index (χ0n) is 9.83. The van der Waals surface area contributed by atoms with Gasteiger partial charge < -0.3 is 15.8 Å². The summed E-state index contributed by atoms with van der Waals surface area (Å²) >= 11 is 0. The van der Waals surface area contributed by atoms with Crippen LogP contribution in [0.15, 0.2) is 6.07 Å². The number of hydrogen-bond donors (Lipinski definition) is 2. The Morgan fingerprint density at radius 3 is 2.76 bits per heavy atom. The number of aromatic nitrogens is 2. The minimum atomic E-state index is -2.95. The van der Waals surface area contributed by atoms with Crippen molar-refractivity contribution in [3.63, 3.8) is 0 Å². The fourth-order valence-corrected chi connectivity index (χ4v) is 1.14. The molecule has 0 aliphatic carbocycles. The van der Waals surface area contributed by atoms with Crippen molar-refractivity contribution in [3.8, 4) is 5.88 Å². The maximum Gasteiger partial charge on any atom is 0.276 e. The fraction of sp³-hybridized carbons (Fsp3) is 0.600. The summed E-state index contributed by atoms with van der Waals surface area (Å²) in [6.07, 6.45) is 0. The van der Waals surface area contributed by atoms with Gasteiger partial charge in [0, 0.05) is 6.07 Å². The molecule has 0 saturated carbocycles. The molecule has 0 spiro atoms. The van der Waals surface area contributed by atoms with E-state index in [0.29, 0.717) is 24.1 Å². The van der Waals surface area contributed by atoms with E-state index in [9.17, 15) is 8.78 Å². The SMILES string of the molecule is CCOc1cc(NCC(F)(F)CN)nc(C)n1. The van der Waals surface area contributed by atoms with Gasteiger partial charge >= 0.3 is 0 Å². The van der Waals surface area contributed by atoms with Crippen molar-refractivity contribution in [1.29, 1.82) is 0 Å². The first-order valence-electron chi connectivity index (χ1n) is 5.27. The van der Waals surface area contributed by atoms with E-state index >= 15 is 0 Å². The van der Waals surface area contributed by atoms with E-state index in [1.807, 2.05) is 6.92 Å². The molecule has 7 heteroatoms. The lowest BCUT2D eigenvalue weighted by atomic mass is 10.3. The highest BCUT2D eigenvalue weighted by molar-refractivity contribution is 5.38. The van der Waals surface area contributed by atoms with Gasteiger partial charge in [-0.15, -0.1) is 0 Å². The quantitative estimate of drug-likeness (QED) is 0.788. The number of nitrogens with two attached hydrogens (primary N) is 1. The Morgan fingerprint density at radius 2 is 2.18 bits per heavy atom. The average Bonchev–Trinajstić information content (AvgIpc) is 2.26. The highest BCUT2D eigenvalue weighted by Gasteiger charge is 2.26. The predicted octanol–water partition coefficient (Wildman–Crippen LogP) is 1.19. The molecule has 0 atom stereocenters. The maximum atomic E-state index is 12.9. The highest BCUT2D eigenvalue weighted by atomic mass is 19.3. The van der Waals surface area contributed by atoms with Crippen molar-refractivity contribution >= 4 is 5.82 Å². The number of nitrogens with one attached hydrogen (secondary N) is 1. The number of anilines is 1. The second-order valence-electron chi connectivity index (χ2n) is 3.49. The van der Waals surface area contributed by atoms with Gasteiger partial charge in [0.1, 0.15) is 11.6 Å². The molecule has 0 bridgehead atoms. The van der Waals surface area contributed by atoms with Crippen molar-refractivity contribution in [3.05, 3.63) is 11.9 Å². The van der Waals surface area contributed by atoms with Gasteiger partial charge in [-0.2, -0.15) is 4.98 Å². The van der Waals surface area contributed by atoms with E-state index in [2.05, 4.69) is 15.3 Å². The van der Waals surface area contributed by atoms with Crippen LogP contribution in [-0.2, 0) is 0 Å². The first-order chi connectivity index (χ1) is 7.96. The maximum absolute atomic E-state index is 12.9. The molecule has 0 fully saturated rings. The number of nitrogens with zero attached hydrogens (tertiary/aromatic N) is 2. The molecule has 3 N–H and O–H groups in total. The van der Waals surface area contributed by atoms with Gasteiger partial charge in [0.2, 0.25) is 5.88 Å². The van der Waals surface area contributed by atoms with Crippen molar-refractivity contribution in [2.45, 2.75) is 19.8 Å². The molecule has 0 unspecified atom stereocenters. The predicted molar refractivity (Wildman–Crippen MR) is 60.4 cm³/mol. The lowest BCUT2D eigenvalue weighted by Crippen LogP contribution is -2.35. The first kappa shape index (κ1) is 13.6. The Hall–Kier alpha value is -1.50. The number of rotatable bonds is 6. The monoisotopic (exact) mass is 246 g/mol. The van der Waals surface area contributed by atoms with Crippen LogP contribution in [0.2, 0.25) is 0 Å². The van der Waals surface area contributed by atoms with E-state index in [1.54, 1.807) is 6.92 Å². The van der Waals surface area contributed by atoms with Crippen LogP contribution in [0, 0.1) is 6.92 Å².